The Labute approximate surface area is 101 Å². The van der Waals surface area contributed by atoms with E-state index in [1.165, 1.54) is 38.8 Å². The summed E-state index contributed by atoms with van der Waals surface area (Å²) < 4.78 is 0. The van der Waals surface area contributed by atoms with Gasteiger partial charge in [0, 0.05) is 18.6 Å². The first kappa shape index (κ1) is 12.4. The molecule has 1 aliphatic carbocycles. The fourth-order valence-corrected chi connectivity index (χ4v) is 3.73. The molecule has 0 aromatic rings. The summed E-state index contributed by atoms with van der Waals surface area (Å²) in [7, 11) is 0. The normalized spacial score (nSPS) is 41.1. The van der Waals surface area contributed by atoms with E-state index in [2.05, 4.69) is 25.7 Å². The number of rotatable bonds is 3. The van der Waals surface area contributed by atoms with Crippen molar-refractivity contribution in [3.05, 3.63) is 0 Å². The Kier molecular flexibility index (Phi) is 3.60. The third kappa shape index (κ3) is 2.14. The molecule has 0 aromatic carbocycles. The molecule has 1 saturated carbocycles. The summed E-state index contributed by atoms with van der Waals surface area (Å²) in [6.45, 7) is 10.5. The van der Waals surface area contributed by atoms with Crippen LogP contribution < -0.4 is 5.73 Å². The smallest absolute Gasteiger partial charge is 0.0334 e. The van der Waals surface area contributed by atoms with Crippen molar-refractivity contribution in [1.82, 2.24) is 4.90 Å². The molecule has 2 aliphatic rings. The van der Waals surface area contributed by atoms with Gasteiger partial charge in [-0.25, -0.2) is 0 Å². The average Bonchev–Trinajstić information content (AvgIpc) is 2.84. The highest BCUT2D eigenvalue weighted by molar-refractivity contribution is 5.00. The van der Waals surface area contributed by atoms with E-state index in [9.17, 15) is 0 Å². The van der Waals surface area contributed by atoms with Gasteiger partial charge in [0.05, 0.1) is 0 Å². The summed E-state index contributed by atoms with van der Waals surface area (Å²) in [5.74, 6) is 2.61. The Morgan fingerprint density at radius 2 is 2.12 bits per heavy atom. The van der Waals surface area contributed by atoms with Gasteiger partial charge in [0.1, 0.15) is 0 Å². The minimum Gasteiger partial charge on any atom is -0.329 e. The second-order valence-electron chi connectivity index (χ2n) is 6.52. The highest BCUT2D eigenvalue weighted by Gasteiger charge is 2.44. The van der Waals surface area contributed by atoms with Gasteiger partial charge in [-0.2, -0.15) is 0 Å². The van der Waals surface area contributed by atoms with Gasteiger partial charge in [0.2, 0.25) is 0 Å². The largest absolute Gasteiger partial charge is 0.329 e. The number of likely N-dealkylation sites (tertiary alicyclic amines) is 1. The molecule has 94 valence electrons. The van der Waals surface area contributed by atoms with Gasteiger partial charge in [-0.3, -0.25) is 4.90 Å². The van der Waals surface area contributed by atoms with Crippen molar-refractivity contribution in [3.63, 3.8) is 0 Å². The molecule has 0 spiro atoms. The predicted octanol–water partition coefficient (Wildman–Crippen LogP) is 2.48. The van der Waals surface area contributed by atoms with Gasteiger partial charge in [0.15, 0.2) is 0 Å². The standard InChI is InChI=1S/C14H28N2/c1-11(2)13-5-7-16(9-13)14(10-15)6-4-12(3)8-14/h11-13H,4-10,15H2,1-3H3. The van der Waals surface area contributed by atoms with Crippen molar-refractivity contribution < 1.29 is 0 Å². The molecular weight excluding hydrogens is 196 g/mol. The molecule has 16 heavy (non-hydrogen) atoms. The molecule has 1 aliphatic heterocycles. The van der Waals surface area contributed by atoms with Crippen LogP contribution in [0.2, 0.25) is 0 Å². The zero-order valence-electron chi connectivity index (χ0n) is 11.2. The van der Waals surface area contributed by atoms with Crippen LogP contribution in [0, 0.1) is 17.8 Å². The van der Waals surface area contributed by atoms with Gasteiger partial charge < -0.3 is 5.73 Å². The van der Waals surface area contributed by atoms with Crippen molar-refractivity contribution in [2.45, 2.75) is 52.0 Å². The van der Waals surface area contributed by atoms with Gasteiger partial charge in [0.25, 0.3) is 0 Å². The summed E-state index contributed by atoms with van der Waals surface area (Å²) >= 11 is 0. The molecule has 2 rings (SSSR count). The van der Waals surface area contributed by atoms with E-state index in [0.29, 0.717) is 5.54 Å². The average molecular weight is 224 g/mol. The van der Waals surface area contributed by atoms with Crippen LogP contribution in [0.3, 0.4) is 0 Å². The van der Waals surface area contributed by atoms with Gasteiger partial charge in [-0.1, -0.05) is 20.8 Å². The minimum absolute atomic E-state index is 0.364. The van der Waals surface area contributed by atoms with Crippen molar-refractivity contribution in [1.29, 1.82) is 0 Å². The third-order valence-electron chi connectivity index (χ3n) is 5.05. The summed E-state index contributed by atoms with van der Waals surface area (Å²) in [6.07, 6.45) is 5.41. The molecule has 2 fully saturated rings. The predicted molar refractivity (Wildman–Crippen MR) is 69.3 cm³/mol. The summed E-state index contributed by atoms with van der Waals surface area (Å²) in [4.78, 5) is 2.72. The molecule has 1 heterocycles. The topological polar surface area (TPSA) is 29.3 Å². The summed E-state index contributed by atoms with van der Waals surface area (Å²) in [5.41, 5.74) is 6.45. The first-order valence-corrected chi connectivity index (χ1v) is 7.02. The van der Waals surface area contributed by atoms with E-state index in [1.807, 2.05) is 0 Å². The van der Waals surface area contributed by atoms with Crippen molar-refractivity contribution in [2.24, 2.45) is 23.5 Å². The molecule has 3 atom stereocenters. The van der Waals surface area contributed by atoms with Gasteiger partial charge in [-0.05, 0) is 50.0 Å². The Morgan fingerprint density at radius 1 is 1.38 bits per heavy atom. The zero-order chi connectivity index (χ0) is 11.8. The quantitative estimate of drug-likeness (QED) is 0.798. The lowest BCUT2D eigenvalue weighted by Gasteiger charge is -2.38. The lowest BCUT2D eigenvalue weighted by Crippen LogP contribution is -2.51. The maximum atomic E-state index is 6.09. The maximum Gasteiger partial charge on any atom is 0.0334 e. The first-order valence-electron chi connectivity index (χ1n) is 7.02. The summed E-state index contributed by atoms with van der Waals surface area (Å²) in [6, 6.07) is 0. The molecule has 2 N–H and O–H groups in total. The van der Waals surface area contributed by atoms with Crippen LogP contribution in [0.5, 0.6) is 0 Å². The van der Waals surface area contributed by atoms with Crippen LogP contribution in [-0.2, 0) is 0 Å². The summed E-state index contributed by atoms with van der Waals surface area (Å²) in [5, 5.41) is 0. The Morgan fingerprint density at radius 3 is 2.56 bits per heavy atom. The van der Waals surface area contributed by atoms with Crippen molar-refractivity contribution in [3.8, 4) is 0 Å². The Balaban J connectivity index is 2.01. The third-order valence-corrected chi connectivity index (χ3v) is 5.05. The molecule has 3 unspecified atom stereocenters. The number of nitrogens with zero attached hydrogens (tertiary/aromatic N) is 1. The van der Waals surface area contributed by atoms with Crippen LogP contribution in [0.15, 0.2) is 0 Å². The monoisotopic (exact) mass is 224 g/mol. The van der Waals surface area contributed by atoms with E-state index in [-0.39, 0.29) is 0 Å². The lowest BCUT2D eigenvalue weighted by atomic mass is 9.93. The van der Waals surface area contributed by atoms with E-state index in [4.69, 9.17) is 5.73 Å². The number of hydrogen-bond acceptors (Lipinski definition) is 2. The number of hydrogen-bond donors (Lipinski definition) is 1. The highest BCUT2D eigenvalue weighted by Crippen LogP contribution is 2.41. The Bertz CT molecular complexity index is 239. The number of nitrogens with two attached hydrogens (primary N) is 1. The molecule has 1 saturated heterocycles. The van der Waals surface area contributed by atoms with Crippen LogP contribution >= 0.6 is 0 Å². The second kappa shape index (κ2) is 4.66. The maximum absolute atomic E-state index is 6.09. The van der Waals surface area contributed by atoms with Crippen LogP contribution in [0.4, 0.5) is 0 Å². The SMILES string of the molecule is CC1CCC(CN)(N2CCC(C(C)C)C2)C1. The van der Waals surface area contributed by atoms with Crippen molar-refractivity contribution >= 4 is 0 Å². The molecule has 2 nitrogen and oxygen atoms in total. The van der Waals surface area contributed by atoms with Gasteiger partial charge >= 0.3 is 0 Å². The van der Waals surface area contributed by atoms with E-state index in [1.54, 1.807) is 0 Å². The molecule has 0 amide bonds. The van der Waals surface area contributed by atoms with Gasteiger partial charge in [-0.15, -0.1) is 0 Å². The zero-order valence-corrected chi connectivity index (χ0v) is 11.2. The van der Waals surface area contributed by atoms with E-state index < -0.39 is 0 Å². The molecule has 0 radical (unpaired) electrons. The van der Waals surface area contributed by atoms with Crippen molar-refractivity contribution in [2.75, 3.05) is 19.6 Å². The van der Waals surface area contributed by atoms with E-state index >= 15 is 0 Å². The molecule has 2 heteroatoms. The molecule has 0 aromatic heterocycles. The first-order chi connectivity index (χ1) is 7.57. The fourth-order valence-electron chi connectivity index (χ4n) is 3.73. The Hall–Kier alpha value is -0.0800. The minimum atomic E-state index is 0.364. The second-order valence-corrected chi connectivity index (χ2v) is 6.52. The molecular formula is C14H28N2. The van der Waals surface area contributed by atoms with Crippen LogP contribution in [0.25, 0.3) is 0 Å². The molecule has 0 bridgehead atoms. The van der Waals surface area contributed by atoms with Crippen LogP contribution in [-0.4, -0.2) is 30.1 Å². The fraction of sp³-hybridized carbons (Fsp3) is 1.00. The van der Waals surface area contributed by atoms with E-state index in [0.717, 1.165) is 24.3 Å². The lowest BCUT2D eigenvalue weighted by molar-refractivity contribution is 0.118. The van der Waals surface area contributed by atoms with Crippen LogP contribution in [0.1, 0.15) is 46.5 Å². The highest BCUT2D eigenvalue weighted by atomic mass is 15.2.